The van der Waals surface area contributed by atoms with E-state index in [1.54, 1.807) is 30.5 Å². The van der Waals surface area contributed by atoms with Crippen LogP contribution in [0.2, 0.25) is 15.1 Å². The second-order valence-electron chi connectivity index (χ2n) is 7.54. The molecule has 0 bridgehead atoms. The van der Waals surface area contributed by atoms with Crippen molar-refractivity contribution < 1.29 is 4.79 Å². The lowest BCUT2D eigenvalue weighted by Crippen LogP contribution is -2.35. The molecular formula is C23H21Cl3N4O. The number of amides is 1. The van der Waals surface area contributed by atoms with Crippen LogP contribution in [-0.2, 0) is 0 Å². The molecule has 1 saturated heterocycles. The van der Waals surface area contributed by atoms with Gasteiger partial charge in [0.05, 0.1) is 10.7 Å². The number of hydrogen-bond donors (Lipinski definition) is 0. The van der Waals surface area contributed by atoms with Gasteiger partial charge in [0.15, 0.2) is 0 Å². The molecule has 0 spiro atoms. The van der Waals surface area contributed by atoms with Crippen LogP contribution < -0.4 is 0 Å². The van der Waals surface area contributed by atoms with Gasteiger partial charge in [-0.1, -0.05) is 46.9 Å². The van der Waals surface area contributed by atoms with Crippen molar-refractivity contribution in [2.45, 2.75) is 6.42 Å². The summed E-state index contributed by atoms with van der Waals surface area (Å²) in [4.78, 5) is 26.3. The highest BCUT2D eigenvalue weighted by molar-refractivity contribution is 6.36. The number of hydrogen-bond acceptors (Lipinski definition) is 4. The Morgan fingerprint density at radius 1 is 0.903 bits per heavy atom. The molecule has 160 valence electrons. The van der Waals surface area contributed by atoms with E-state index in [-0.39, 0.29) is 11.7 Å². The minimum atomic E-state index is -0.177. The molecule has 1 amide bonds. The third-order valence-corrected chi connectivity index (χ3v) is 6.13. The third-order valence-electron chi connectivity index (χ3n) is 5.33. The van der Waals surface area contributed by atoms with E-state index in [9.17, 15) is 4.79 Å². The van der Waals surface area contributed by atoms with Crippen molar-refractivity contribution in [3.8, 4) is 22.4 Å². The molecule has 1 aromatic heterocycles. The van der Waals surface area contributed by atoms with Crippen molar-refractivity contribution in [3.63, 3.8) is 0 Å². The zero-order chi connectivity index (χ0) is 22.0. The topological polar surface area (TPSA) is 49.3 Å². The SMILES string of the molecule is CN1CCCN(C(=O)c2ncc(-c3ccc(Cl)cc3)c(-c3ccc(Cl)cc3Cl)n2)CC1. The molecule has 4 rings (SSSR count). The van der Waals surface area contributed by atoms with Gasteiger partial charge in [-0.05, 0) is 55.9 Å². The first kappa shape index (κ1) is 22.0. The van der Waals surface area contributed by atoms with Crippen molar-refractivity contribution in [2.75, 3.05) is 33.2 Å². The van der Waals surface area contributed by atoms with E-state index in [4.69, 9.17) is 34.8 Å². The van der Waals surface area contributed by atoms with Crippen LogP contribution in [0.25, 0.3) is 22.4 Å². The first-order chi connectivity index (χ1) is 14.9. The number of aromatic nitrogens is 2. The molecule has 0 saturated carbocycles. The fourth-order valence-electron chi connectivity index (χ4n) is 3.60. The fraction of sp³-hybridized carbons (Fsp3) is 0.261. The largest absolute Gasteiger partial charge is 0.335 e. The number of likely N-dealkylation sites (N-methyl/N-ethyl adjacent to an activating group) is 1. The first-order valence-corrected chi connectivity index (χ1v) is 11.1. The monoisotopic (exact) mass is 474 g/mol. The highest BCUT2D eigenvalue weighted by atomic mass is 35.5. The molecule has 0 aliphatic carbocycles. The summed E-state index contributed by atoms with van der Waals surface area (Å²) in [5.41, 5.74) is 2.89. The normalized spacial score (nSPS) is 15.0. The van der Waals surface area contributed by atoms with E-state index in [0.29, 0.717) is 39.4 Å². The number of halogens is 3. The maximum Gasteiger partial charge on any atom is 0.291 e. The van der Waals surface area contributed by atoms with Crippen molar-refractivity contribution in [1.29, 1.82) is 0 Å². The molecule has 5 nitrogen and oxygen atoms in total. The van der Waals surface area contributed by atoms with Crippen LogP contribution in [0.3, 0.4) is 0 Å². The maximum atomic E-state index is 13.2. The molecule has 0 atom stereocenters. The molecule has 8 heteroatoms. The van der Waals surface area contributed by atoms with Gasteiger partial charge in [0.2, 0.25) is 5.82 Å². The van der Waals surface area contributed by atoms with Gasteiger partial charge in [-0.15, -0.1) is 0 Å². The summed E-state index contributed by atoms with van der Waals surface area (Å²) in [6.45, 7) is 3.12. The van der Waals surface area contributed by atoms with Crippen LogP contribution in [-0.4, -0.2) is 58.9 Å². The predicted octanol–water partition coefficient (Wildman–Crippen LogP) is 5.55. The molecule has 1 aliphatic rings. The van der Waals surface area contributed by atoms with Crippen LogP contribution >= 0.6 is 34.8 Å². The molecule has 1 aliphatic heterocycles. The summed E-state index contributed by atoms with van der Waals surface area (Å²) in [5.74, 6) is -0.0208. The zero-order valence-corrected chi connectivity index (χ0v) is 19.3. The Hall–Kier alpha value is -2.18. The molecule has 0 radical (unpaired) electrons. The summed E-state index contributed by atoms with van der Waals surface area (Å²) >= 11 is 18.6. The highest BCUT2D eigenvalue weighted by Gasteiger charge is 2.23. The van der Waals surface area contributed by atoms with Crippen molar-refractivity contribution in [1.82, 2.24) is 19.8 Å². The van der Waals surface area contributed by atoms with Gasteiger partial charge in [0.1, 0.15) is 0 Å². The van der Waals surface area contributed by atoms with Gasteiger partial charge >= 0.3 is 0 Å². The Kier molecular flexibility index (Phi) is 6.77. The standard InChI is InChI=1S/C23H21Cl3N4O/c1-29-9-2-10-30(12-11-29)23(31)22-27-14-19(15-3-5-16(24)6-4-15)21(28-22)18-8-7-17(25)13-20(18)26/h3-8,13-14H,2,9-12H2,1H3. The van der Waals surface area contributed by atoms with Crippen LogP contribution in [0.15, 0.2) is 48.7 Å². The maximum absolute atomic E-state index is 13.2. The Morgan fingerprint density at radius 2 is 1.65 bits per heavy atom. The lowest BCUT2D eigenvalue weighted by atomic mass is 10.0. The smallest absolute Gasteiger partial charge is 0.291 e. The Balaban J connectivity index is 1.79. The van der Waals surface area contributed by atoms with E-state index in [2.05, 4.69) is 21.9 Å². The van der Waals surface area contributed by atoms with Crippen molar-refractivity contribution in [3.05, 3.63) is 69.6 Å². The van der Waals surface area contributed by atoms with Gasteiger partial charge < -0.3 is 9.80 Å². The molecular weight excluding hydrogens is 455 g/mol. The van der Waals surface area contributed by atoms with E-state index < -0.39 is 0 Å². The van der Waals surface area contributed by atoms with E-state index >= 15 is 0 Å². The van der Waals surface area contributed by atoms with Crippen LogP contribution in [0.5, 0.6) is 0 Å². The predicted molar refractivity (Wildman–Crippen MR) is 126 cm³/mol. The summed E-state index contributed by atoms with van der Waals surface area (Å²) < 4.78 is 0. The van der Waals surface area contributed by atoms with Gasteiger partial charge in [0.25, 0.3) is 5.91 Å². The summed E-state index contributed by atoms with van der Waals surface area (Å²) in [7, 11) is 2.06. The Labute approximate surface area is 196 Å². The summed E-state index contributed by atoms with van der Waals surface area (Å²) in [5, 5.41) is 1.62. The second-order valence-corrected chi connectivity index (χ2v) is 8.82. The average Bonchev–Trinajstić information content (AvgIpc) is 2.98. The molecule has 1 fully saturated rings. The Bertz CT molecular complexity index is 1100. The van der Waals surface area contributed by atoms with Crippen LogP contribution in [0.1, 0.15) is 17.0 Å². The van der Waals surface area contributed by atoms with E-state index in [0.717, 1.165) is 30.6 Å². The summed E-state index contributed by atoms with van der Waals surface area (Å²) in [6.07, 6.45) is 2.59. The molecule has 0 N–H and O–H groups in total. The fourth-order valence-corrected chi connectivity index (χ4v) is 4.23. The van der Waals surface area contributed by atoms with Gasteiger partial charge in [0, 0.05) is 47.0 Å². The summed E-state index contributed by atoms with van der Waals surface area (Å²) in [6, 6.07) is 12.6. The minimum absolute atomic E-state index is 0.156. The quantitative estimate of drug-likeness (QED) is 0.498. The van der Waals surface area contributed by atoms with Crippen LogP contribution in [0, 0.1) is 0 Å². The zero-order valence-electron chi connectivity index (χ0n) is 17.0. The molecule has 2 aromatic carbocycles. The number of carbonyl (C=O) groups is 1. The average molecular weight is 476 g/mol. The van der Waals surface area contributed by atoms with Gasteiger partial charge in [-0.25, -0.2) is 9.97 Å². The van der Waals surface area contributed by atoms with Crippen molar-refractivity contribution in [2.24, 2.45) is 0 Å². The minimum Gasteiger partial charge on any atom is -0.335 e. The Morgan fingerprint density at radius 3 is 2.39 bits per heavy atom. The third kappa shape index (κ3) is 5.01. The van der Waals surface area contributed by atoms with Crippen molar-refractivity contribution >= 4 is 40.7 Å². The second kappa shape index (κ2) is 9.53. The lowest BCUT2D eigenvalue weighted by molar-refractivity contribution is 0.0750. The number of benzene rings is 2. The molecule has 2 heterocycles. The molecule has 3 aromatic rings. The number of carbonyl (C=O) groups excluding carboxylic acids is 1. The number of nitrogens with zero attached hydrogens (tertiary/aromatic N) is 4. The van der Waals surface area contributed by atoms with Crippen LogP contribution in [0.4, 0.5) is 0 Å². The molecule has 31 heavy (non-hydrogen) atoms. The first-order valence-electron chi connectivity index (χ1n) is 9.98. The number of rotatable bonds is 3. The van der Waals surface area contributed by atoms with Gasteiger partial charge in [-0.2, -0.15) is 0 Å². The van der Waals surface area contributed by atoms with E-state index in [1.807, 2.05) is 23.1 Å². The lowest BCUT2D eigenvalue weighted by Gasteiger charge is -2.20. The molecule has 0 unspecified atom stereocenters. The van der Waals surface area contributed by atoms with Gasteiger partial charge in [-0.3, -0.25) is 4.79 Å². The van der Waals surface area contributed by atoms with E-state index in [1.165, 1.54) is 0 Å². The highest BCUT2D eigenvalue weighted by Crippen LogP contribution is 2.36.